The van der Waals surface area contributed by atoms with Crippen LogP contribution in [0.1, 0.15) is 51.4 Å². The average Bonchev–Trinajstić information content (AvgIpc) is 2.80. The maximum Gasteiger partial charge on any atom is 0.0701 e. The smallest absolute Gasteiger partial charge is 0.0701 e. The van der Waals surface area contributed by atoms with E-state index in [1.165, 1.54) is 32.1 Å². The van der Waals surface area contributed by atoms with Crippen molar-refractivity contribution in [1.82, 2.24) is 0 Å². The lowest BCUT2D eigenvalue weighted by Gasteiger charge is -2.40. The largest absolute Gasteiger partial charge is 0.390 e. The second-order valence-corrected chi connectivity index (χ2v) is 5.38. The van der Waals surface area contributed by atoms with Gasteiger partial charge in [0.1, 0.15) is 0 Å². The molecule has 1 saturated carbocycles. The predicted molar refractivity (Wildman–Crippen MR) is 54.0 cm³/mol. The molecule has 3 atom stereocenters. The molecule has 0 radical (unpaired) electrons. The quantitative estimate of drug-likeness (QED) is 0.697. The Bertz CT molecular complexity index is 220. The van der Waals surface area contributed by atoms with Crippen LogP contribution >= 0.6 is 0 Å². The summed E-state index contributed by atoms with van der Waals surface area (Å²) >= 11 is 0. The first-order valence-electron chi connectivity index (χ1n) is 6.16. The Morgan fingerprint density at radius 2 is 1.86 bits per heavy atom. The minimum atomic E-state index is -0.363. The minimum absolute atomic E-state index is 0.363. The van der Waals surface area contributed by atoms with Crippen molar-refractivity contribution in [3.63, 3.8) is 0 Å². The third-order valence-electron chi connectivity index (χ3n) is 4.52. The van der Waals surface area contributed by atoms with E-state index in [-0.39, 0.29) is 5.60 Å². The molecule has 2 bridgehead atoms. The topological polar surface area (TPSA) is 29.5 Å². The van der Waals surface area contributed by atoms with Gasteiger partial charge in [0.25, 0.3) is 0 Å². The lowest BCUT2D eigenvalue weighted by molar-refractivity contribution is -0.0708. The number of fused-ring (bicyclic) bond motifs is 2. The molecule has 0 aromatic rings. The van der Waals surface area contributed by atoms with Gasteiger partial charge in [0.15, 0.2) is 0 Å². The molecule has 80 valence electrons. The van der Waals surface area contributed by atoms with Crippen molar-refractivity contribution in [2.45, 2.75) is 69.2 Å². The van der Waals surface area contributed by atoms with E-state index in [9.17, 15) is 5.11 Å². The number of hydrogen-bond acceptors (Lipinski definition) is 2. The second kappa shape index (κ2) is 3.21. The Balaban J connectivity index is 1.74. The number of aliphatic hydroxyl groups is 1. The van der Waals surface area contributed by atoms with Crippen molar-refractivity contribution in [2.24, 2.45) is 5.92 Å². The lowest BCUT2D eigenvalue weighted by atomic mass is 9.70. The van der Waals surface area contributed by atoms with E-state index in [0.717, 1.165) is 19.3 Å². The van der Waals surface area contributed by atoms with Gasteiger partial charge in [-0.2, -0.15) is 0 Å². The highest BCUT2D eigenvalue weighted by Gasteiger charge is 2.50. The minimum Gasteiger partial charge on any atom is -0.390 e. The highest BCUT2D eigenvalue weighted by molar-refractivity contribution is 5.00. The molecule has 0 amide bonds. The lowest BCUT2D eigenvalue weighted by Crippen LogP contribution is -2.44. The summed E-state index contributed by atoms with van der Waals surface area (Å²) in [4.78, 5) is 0. The first kappa shape index (κ1) is 9.17. The summed E-state index contributed by atoms with van der Waals surface area (Å²) < 4.78 is 5.84. The van der Waals surface area contributed by atoms with Crippen molar-refractivity contribution in [2.75, 3.05) is 0 Å². The van der Waals surface area contributed by atoms with Crippen LogP contribution in [0.4, 0.5) is 0 Å². The van der Waals surface area contributed by atoms with E-state index < -0.39 is 0 Å². The van der Waals surface area contributed by atoms with Crippen LogP contribution in [0.5, 0.6) is 0 Å². The fraction of sp³-hybridized carbons (Fsp3) is 1.00. The zero-order valence-corrected chi connectivity index (χ0v) is 8.74. The molecule has 1 N–H and O–H groups in total. The summed E-state index contributed by atoms with van der Waals surface area (Å²) in [6, 6.07) is 0. The molecule has 2 aliphatic heterocycles. The standard InChI is InChI=1S/C12H20O2/c13-12(6-2-1-3-7-12)10-8-9-4-5-11(10)14-9/h9-11,13H,1-8H2. The molecule has 2 nitrogen and oxygen atoms in total. The zero-order chi connectivity index (χ0) is 9.60. The van der Waals surface area contributed by atoms with Crippen molar-refractivity contribution < 1.29 is 9.84 Å². The van der Waals surface area contributed by atoms with Crippen LogP contribution in [0.25, 0.3) is 0 Å². The summed E-state index contributed by atoms with van der Waals surface area (Å²) in [5.41, 5.74) is -0.363. The molecule has 0 aromatic carbocycles. The van der Waals surface area contributed by atoms with E-state index in [4.69, 9.17) is 4.74 Å². The summed E-state index contributed by atoms with van der Waals surface area (Å²) in [6.07, 6.45) is 10.2. The maximum absolute atomic E-state index is 10.6. The second-order valence-electron chi connectivity index (χ2n) is 5.38. The summed E-state index contributed by atoms with van der Waals surface area (Å²) in [6.45, 7) is 0. The van der Waals surface area contributed by atoms with Gasteiger partial charge in [-0.05, 0) is 32.1 Å². The predicted octanol–water partition coefficient (Wildman–Crippen LogP) is 2.25. The molecule has 3 fully saturated rings. The van der Waals surface area contributed by atoms with Gasteiger partial charge < -0.3 is 9.84 Å². The van der Waals surface area contributed by atoms with Crippen molar-refractivity contribution in [3.05, 3.63) is 0 Å². The maximum atomic E-state index is 10.6. The third kappa shape index (κ3) is 1.31. The van der Waals surface area contributed by atoms with Crippen LogP contribution in [-0.2, 0) is 4.74 Å². The van der Waals surface area contributed by atoms with E-state index in [2.05, 4.69) is 0 Å². The molecule has 3 unspecified atom stereocenters. The van der Waals surface area contributed by atoms with Crippen LogP contribution in [0.3, 0.4) is 0 Å². The van der Waals surface area contributed by atoms with Gasteiger partial charge in [0, 0.05) is 5.92 Å². The van der Waals surface area contributed by atoms with Crippen LogP contribution in [0.15, 0.2) is 0 Å². The van der Waals surface area contributed by atoms with Crippen LogP contribution in [0, 0.1) is 5.92 Å². The van der Waals surface area contributed by atoms with Crippen molar-refractivity contribution in [3.8, 4) is 0 Å². The summed E-state index contributed by atoms with van der Waals surface area (Å²) in [5.74, 6) is 0.460. The normalized spacial score (nSPS) is 45.6. The van der Waals surface area contributed by atoms with Crippen molar-refractivity contribution in [1.29, 1.82) is 0 Å². The Morgan fingerprint density at radius 3 is 2.43 bits per heavy atom. The Kier molecular flexibility index (Phi) is 2.10. The first-order valence-corrected chi connectivity index (χ1v) is 6.16. The Labute approximate surface area is 85.6 Å². The van der Waals surface area contributed by atoms with Crippen molar-refractivity contribution >= 4 is 0 Å². The highest BCUT2D eigenvalue weighted by atomic mass is 16.5. The molecular formula is C12H20O2. The molecule has 1 aliphatic carbocycles. The molecule has 3 aliphatic rings. The first-order chi connectivity index (χ1) is 6.78. The van der Waals surface area contributed by atoms with Gasteiger partial charge >= 0.3 is 0 Å². The van der Waals surface area contributed by atoms with E-state index in [1.807, 2.05) is 0 Å². The third-order valence-corrected chi connectivity index (χ3v) is 4.52. The SMILES string of the molecule is OC1(C2CC3CCC2O3)CCCCC1. The molecule has 3 rings (SSSR count). The Hall–Kier alpha value is -0.0800. The van der Waals surface area contributed by atoms with Crippen LogP contribution in [0.2, 0.25) is 0 Å². The monoisotopic (exact) mass is 196 g/mol. The molecule has 2 saturated heterocycles. The van der Waals surface area contributed by atoms with Gasteiger partial charge in [-0.3, -0.25) is 0 Å². The Morgan fingerprint density at radius 1 is 1.07 bits per heavy atom. The van der Waals surface area contributed by atoms with Gasteiger partial charge in [-0.1, -0.05) is 19.3 Å². The van der Waals surface area contributed by atoms with Crippen LogP contribution < -0.4 is 0 Å². The molecule has 14 heavy (non-hydrogen) atoms. The van der Waals surface area contributed by atoms with E-state index >= 15 is 0 Å². The molecular weight excluding hydrogens is 176 g/mol. The average molecular weight is 196 g/mol. The highest BCUT2D eigenvalue weighted by Crippen LogP contribution is 2.48. The summed E-state index contributed by atoms with van der Waals surface area (Å²) in [7, 11) is 0. The molecule has 0 aromatic heterocycles. The van der Waals surface area contributed by atoms with Gasteiger partial charge in [0.05, 0.1) is 17.8 Å². The zero-order valence-electron chi connectivity index (χ0n) is 8.74. The molecule has 2 heteroatoms. The number of hydrogen-bond donors (Lipinski definition) is 1. The van der Waals surface area contributed by atoms with E-state index in [1.54, 1.807) is 0 Å². The number of rotatable bonds is 1. The van der Waals surface area contributed by atoms with E-state index in [0.29, 0.717) is 18.1 Å². The van der Waals surface area contributed by atoms with Crippen LogP contribution in [-0.4, -0.2) is 22.9 Å². The van der Waals surface area contributed by atoms with Gasteiger partial charge in [-0.25, -0.2) is 0 Å². The molecule has 2 heterocycles. The molecule has 0 spiro atoms. The van der Waals surface area contributed by atoms with Gasteiger partial charge in [0.2, 0.25) is 0 Å². The number of ether oxygens (including phenoxy) is 1. The van der Waals surface area contributed by atoms with Gasteiger partial charge in [-0.15, -0.1) is 0 Å². The summed E-state index contributed by atoms with van der Waals surface area (Å²) in [5, 5.41) is 10.6. The fourth-order valence-corrected chi connectivity index (χ4v) is 3.74. The fourth-order valence-electron chi connectivity index (χ4n) is 3.74.